The molecule has 2 rings (SSSR count). The van der Waals surface area contributed by atoms with Crippen molar-refractivity contribution in [2.75, 3.05) is 13.7 Å². The van der Waals surface area contributed by atoms with Gasteiger partial charge >= 0.3 is 23.9 Å². The lowest BCUT2D eigenvalue weighted by atomic mass is 10.1. The zero-order valence-corrected chi connectivity index (χ0v) is 15.1. The minimum atomic E-state index is -1.11. The van der Waals surface area contributed by atoms with Crippen LogP contribution in [0.25, 0.3) is 0 Å². The molecule has 0 N–H and O–H groups in total. The van der Waals surface area contributed by atoms with Crippen molar-refractivity contribution in [3.05, 3.63) is 12.2 Å². The second kappa shape index (κ2) is 8.58. The molecule has 1 aliphatic rings. The van der Waals surface area contributed by atoms with Crippen LogP contribution in [0.15, 0.2) is 6.33 Å². The summed E-state index contributed by atoms with van der Waals surface area (Å²) in [6.45, 7) is 3.30. The van der Waals surface area contributed by atoms with Gasteiger partial charge in [-0.2, -0.15) is 0 Å². The van der Waals surface area contributed by atoms with Gasteiger partial charge in [0.15, 0.2) is 18.4 Å². The van der Waals surface area contributed by atoms with E-state index in [0.29, 0.717) is 0 Å². The van der Waals surface area contributed by atoms with Crippen molar-refractivity contribution in [1.82, 2.24) is 14.8 Å². The molecule has 1 saturated heterocycles. The third-order valence-electron chi connectivity index (χ3n) is 3.48. The molecule has 1 aromatic heterocycles. The first-order valence-electron chi connectivity index (χ1n) is 7.85. The highest BCUT2D eigenvalue weighted by atomic mass is 16.7. The number of ether oxygens (including phenoxy) is 5. The molecule has 27 heavy (non-hydrogen) atoms. The number of carbonyl (C=O) groups is 4. The third-order valence-corrected chi connectivity index (χ3v) is 3.48. The van der Waals surface area contributed by atoms with E-state index in [-0.39, 0.29) is 12.4 Å². The molecule has 0 spiro atoms. The Bertz CT molecular complexity index is 732. The molecule has 148 valence electrons. The van der Waals surface area contributed by atoms with Gasteiger partial charge in [-0.3, -0.25) is 14.4 Å². The fourth-order valence-electron chi connectivity index (χ4n) is 2.49. The Labute approximate surface area is 153 Å². The van der Waals surface area contributed by atoms with Crippen molar-refractivity contribution in [1.29, 1.82) is 0 Å². The van der Waals surface area contributed by atoms with Gasteiger partial charge in [-0.25, -0.2) is 14.5 Å². The molecule has 2 heterocycles. The topological polar surface area (TPSA) is 145 Å². The highest BCUT2D eigenvalue weighted by molar-refractivity contribution is 5.84. The minimum Gasteiger partial charge on any atom is -0.463 e. The van der Waals surface area contributed by atoms with E-state index in [9.17, 15) is 19.2 Å². The Balaban J connectivity index is 2.33. The summed E-state index contributed by atoms with van der Waals surface area (Å²) in [4.78, 5) is 49.4. The van der Waals surface area contributed by atoms with Gasteiger partial charge in [-0.1, -0.05) is 0 Å². The molecule has 0 bridgehead atoms. The number of rotatable bonds is 6. The Morgan fingerprint density at radius 1 is 1.07 bits per heavy atom. The lowest BCUT2D eigenvalue weighted by Gasteiger charge is -2.23. The SMILES string of the molecule is COC(=O)c1ncn(C2O[C@H](COC(C)=O)[C@@H](OC(C)=O)[C@H]2OC(C)=O)n1. The highest BCUT2D eigenvalue weighted by Crippen LogP contribution is 2.34. The van der Waals surface area contributed by atoms with E-state index in [1.165, 1.54) is 34.2 Å². The second-order valence-electron chi connectivity index (χ2n) is 5.56. The van der Waals surface area contributed by atoms with Crippen molar-refractivity contribution in [3.63, 3.8) is 0 Å². The molecule has 0 aliphatic carbocycles. The Kier molecular flexibility index (Phi) is 6.45. The van der Waals surface area contributed by atoms with E-state index >= 15 is 0 Å². The Morgan fingerprint density at radius 3 is 2.26 bits per heavy atom. The van der Waals surface area contributed by atoms with Crippen molar-refractivity contribution >= 4 is 23.9 Å². The van der Waals surface area contributed by atoms with Gasteiger partial charge in [0.1, 0.15) is 19.0 Å². The predicted octanol–water partition coefficient (Wildman–Crippen LogP) is -0.611. The van der Waals surface area contributed by atoms with Crippen molar-refractivity contribution in [2.24, 2.45) is 0 Å². The van der Waals surface area contributed by atoms with Gasteiger partial charge in [0.2, 0.25) is 0 Å². The largest absolute Gasteiger partial charge is 0.463 e. The number of methoxy groups -OCH3 is 1. The second-order valence-corrected chi connectivity index (χ2v) is 5.56. The standard InChI is InChI=1S/C15H19N3O9/c1-7(19)24-5-10-11(25-8(2)20)12(26-9(3)21)14(27-10)18-6-16-13(17-18)15(22)23-4/h6,10-12,14H,5H2,1-4H3/t10-,11-,12-,14?/m1/s1. The van der Waals surface area contributed by atoms with Crippen LogP contribution in [-0.4, -0.2) is 70.7 Å². The molecule has 0 aromatic carbocycles. The van der Waals surface area contributed by atoms with E-state index in [1.807, 2.05) is 0 Å². The van der Waals surface area contributed by atoms with Crippen molar-refractivity contribution in [2.45, 2.75) is 45.3 Å². The fourth-order valence-corrected chi connectivity index (χ4v) is 2.49. The van der Waals surface area contributed by atoms with E-state index in [4.69, 9.17) is 18.9 Å². The van der Waals surface area contributed by atoms with Gasteiger partial charge in [0, 0.05) is 20.8 Å². The van der Waals surface area contributed by atoms with Crippen LogP contribution in [0.4, 0.5) is 0 Å². The summed E-state index contributed by atoms with van der Waals surface area (Å²) in [5.74, 6) is -2.89. The van der Waals surface area contributed by atoms with Gasteiger partial charge in [-0.05, 0) is 0 Å². The van der Waals surface area contributed by atoms with E-state index < -0.39 is 48.4 Å². The number of nitrogens with zero attached hydrogens (tertiary/aromatic N) is 3. The van der Waals surface area contributed by atoms with Crippen molar-refractivity contribution in [3.8, 4) is 0 Å². The first-order valence-corrected chi connectivity index (χ1v) is 7.85. The molecule has 0 saturated carbocycles. The average Bonchev–Trinajstić information content (AvgIpc) is 3.18. The van der Waals surface area contributed by atoms with Crippen LogP contribution < -0.4 is 0 Å². The predicted molar refractivity (Wildman–Crippen MR) is 83.0 cm³/mol. The van der Waals surface area contributed by atoms with E-state index in [0.717, 1.165) is 4.68 Å². The number of esters is 4. The lowest BCUT2D eigenvalue weighted by molar-refractivity contribution is -0.166. The molecule has 12 nitrogen and oxygen atoms in total. The van der Waals surface area contributed by atoms with Crippen LogP contribution in [0.2, 0.25) is 0 Å². The molecule has 1 unspecified atom stereocenters. The zero-order valence-electron chi connectivity index (χ0n) is 15.1. The van der Waals surface area contributed by atoms with Gasteiger partial charge < -0.3 is 23.7 Å². The van der Waals surface area contributed by atoms with Crippen LogP contribution in [0.5, 0.6) is 0 Å². The molecular formula is C15H19N3O9. The zero-order chi connectivity index (χ0) is 20.1. The molecule has 1 aliphatic heterocycles. The fraction of sp³-hybridized carbons (Fsp3) is 0.600. The van der Waals surface area contributed by atoms with Crippen LogP contribution >= 0.6 is 0 Å². The van der Waals surface area contributed by atoms with Crippen LogP contribution in [0.1, 0.15) is 37.6 Å². The molecule has 1 aromatic rings. The number of aromatic nitrogens is 3. The maximum Gasteiger partial charge on any atom is 0.377 e. The quantitative estimate of drug-likeness (QED) is 0.456. The summed E-state index contributed by atoms with van der Waals surface area (Å²) in [6, 6.07) is 0. The molecule has 0 amide bonds. The van der Waals surface area contributed by atoms with Crippen LogP contribution in [0, 0.1) is 0 Å². The van der Waals surface area contributed by atoms with Gasteiger partial charge in [0.05, 0.1) is 7.11 Å². The smallest absolute Gasteiger partial charge is 0.377 e. The van der Waals surface area contributed by atoms with Gasteiger partial charge in [0.25, 0.3) is 5.82 Å². The van der Waals surface area contributed by atoms with Crippen molar-refractivity contribution < 1.29 is 42.9 Å². The Morgan fingerprint density at radius 2 is 1.70 bits per heavy atom. The Hall–Kier alpha value is -3.02. The number of hydrogen-bond acceptors (Lipinski definition) is 11. The third kappa shape index (κ3) is 5.00. The molecular weight excluding hydrogens is 366 g/mol. The van der Waals surface area contributed by atoms with E-state index in [1.54, 1.807) is 0 Å². The summed E-state index contributed by atoms with van der Waals surface area (Å²) in [5.41, 5.74) is 0. The summed E-state index contributed by atoms with van der Waals surface area (Å²) in [6.07, 6.45) is -3.02. The lowest BCUT2D eigenvalue weighted by Crippen LogP contribution is -2.40. The van der Waals surface area contributed by atoms with Crippen LogP contribution in [0.3, 0.4) is 0 Å². The number of hydrogen-bond donors (Lipinski definition) is 0. The summed E-state index contributed by atoms with van der Waals surface area (Å²) in [7, 11) is 1.17. The average molecular weight is 385 g/mol. The van der Waals surface area contributed by atoms with Crippen LogP contribution in [-0.2, 0) is 38.1 Å². The maximum atomic E-state index is 11.5. The molecule has 12 heteroatoms. The van der Waals surface area contributed by atoms with Gasteiger partial charge in [-0.15, -0.1) is 5.10 Å². The highest BCUT2D eigenvalue weighted by Gasteiger charge is 2.51. The molecule has 4 atom stereocenters. The number of carbonyl (C=O) groups excluding carboxylic acids is 4. The summed E-state index contributed by atoms with van der Waals surface area (Å²) >= 11 is 0. The van der Waals surface area contributed by atoms with E-state index in [2.05, 4.69) is 14.8 Å². The monoisotopic (exact) mass is 385 g/mol. The molecule has 1 fully saturated rings. The molecule has 0 radical (unpaired) electrons. The minimum absolute atomic E-state index is 0.241. The summed E-state index contributed by atoms with van der Waals surface area (Å²) < 4.78 is 26.8. The first kappa shape index (κ1) is 20.3. The normalized spacial score (nSPS) is 24.1. The summed E-state index contributed by atoms with van der Waals surface area (Å²) in [5, 5.41) is 3.93. The first-order chi connectivity index (χ1) is 12.7. The maximum absolute atomic E-state index is 11.5.